The van der Waals surface area contributed by atoms with Crippen LogP contribution in [-0.4, -0.2) is 25.2 Å². The number of methoxy groups -OCH3 is 2. The van der Waals surface area contributed by atoms with E-state index in [4.69, 9.17) is 21.1 Å². The third-order valence-electron chi connectivity index (χ3n) is 3.67. The van der Waals surface area contributed by atoms with E-state index in [9.17, 15) is 4.79 Å². The summed E-state index contributed by atoms with van der Waals surface area (Å²) in [5.74, 6) is 0.950. The van der Waals surface area contributed by atoms with Crippen molar-refractivity contribution in [2.75, 3.05) is 14.2 Å². The summed E-state index contributed by atoms with van der Waals surface area (Å²) in [5.41, 5.74) is 0.453. The number of hydrogen-bond donors (Lipinski definition) is 0. The Bertz CT molecular complexity index is 496. The number of Topliss-reactive ketones (excluding diaryl/α,β-unsaturated/α-hetero) is 1. The van der Waals surface area contributed by atoms with Gasteiger partial charge < -0.3 is 9.47 Å². The van der Waals surface area contributed by atoms with Gasteiger partial charge in [0.15, 0.2) is 11.5 Å². The molecule has 104 valence electrons. The molecule has 5 heteroatoms. The van der Waals surface area contributed by atoms with Crippen molar-refractivity contribution in [3.05, 3.63) is 22.7 Å². The number of hydrogen-bond acceptors (Lipinski definition) is 3. The zero-order chi connectivity index (χ0) is 14.0. The largest absolute Gasteiger partial charge is 0.496 e. The Labute approximate surface area is 120 Å². The van der Waals surface area contributed by atoms with E-state index in [1.165, 1.54) is 7.11 Å². The number of benzene rings is 1. The fourth-order valence-corrected chi connectivity index (χ4v) is 3.39. The molecule has 0 aromatic heterocycles. The Balaban J connectivity index is 2.53. The van der Waals surface area contributed by atoms with Crippen LogP contribution in [0.1, 0.15) is 36.0 Å². The highest BCUT2D eigenvalue weighted by molar-refractivity contribution is 7.21. The zero-order valence-electron chi connectivity index (χ0n) is 11.2. The van der Waals surface area contributed by atoms with Gasteiger partial charge >= 0.3 is 0 Å². The van der Waals surface area contributed by atoms with E-state index in [0.717, 1.165) is 25.7 Å². The Kier molecular flexibility index (Phi) is 4.37. The summed E-state index contributed by atoms with van der Waals surface area (Å²) in [6.07, 6.45) is 3.88. The lowest BCUT2D eigenvalue weighted by molar-refractivity contribution is 0.0938. The van der Waals surface area contributed by atoms with Crippen LogP contribution in [-0.2, 0) is 0 Å². The monoisotopic (exact) mass is 300 g/mol. The molecule has 0 N–H and O–H groups in total. The van der Waals surface area contributed by atoms with E-state index in [1.54, 1.807) is 19.2 Å². The zero-order valence-corrected chi connectivity index (χ0v) is 13.1. The van der Waals surface area contributed by atoms with Crippen LogP contribution >= 0.6 is 20.8 Å². The molecule has 3 nitrogen and oxygen atoms in total. The topological polar surface area (TPSA) is 35.5 Å². The van der Waals surface area contributed by atoms with Crippen LogP contribution in [0.15, 0.2) is 12.1 Å². The van der Waals surface area contributed by atoms with E-state index >= 15 is 0 Å². The standard InChI is InChI=1S/C14H18ClO3P/c1-17-10-6-5-9(15)12(18-2)11(10)13(16)14(19)7-3-4-8-14/h5-6H,3-4,7-8,19H2,1-2H3. The maximum Gasteiger partial charge on any atom is 0.180 e. The van der Waals surface area contributed by atoms with Crippen LogP contribution in [0.3, 0.4) is 0 Å². The summed E-state index contributed by atoms with van der Waals surface area (Å²) in [4.78, 5) is 12.8. The van der Waals surface area contributed by atoms with Gasteiger partial charge in [-0.15, -0.1) is 9.24 Å². The second-order valence-corrected chi connectivity index (χ2v) is 6.36. The quantitative estimate of drug-likeness (QED) is 0.628. The summed E-state index contributed by atoms with van der Waals surface area (Å²) in [6, 6.07) is 3.39. The van der Waals surface area contributed by atoms with Crippen LogP contribution in [0.4, 0.5) is 0 Å². The van der Waals surface area contributed by atoms with Gasteiger partial charge in [-0.2, -0.15) is 0 Å². The lowest BCUT2D eigenvalue weighted by Crippen LogP contribution is -2.29. The number of carbonyl (C=O) groups excluding carboxylic acids is 1. The molecule has 19 heavy (non-hydrogen) atoms. The van der Waals surface area contributed by atoms with Crippen molar-refractivity contribution in [1.82, 2.24) is 0 Å². The molecule has 0 spiro atoms. The first-order valence-electron chi connectivity index (χ1n) is 6.27. The van der Waals surface area contributed by atoms with E-state index < -0.39 is 5.16 Å². The van der Waals surface area contributed by atoms with Gasteiger partial charge in [0, 0.05) is 5.16 Å². The average Bonchev–Trinajstić information content (AvgIpc) is 2.85. The fraction of sp³-hybridized carbons (Fsp3) is 0.500. The summed E-state index contributed by atoms with van der Waals surface area (Å²) < 4.78 is 10.6. The minimum absolute atomic E-state index is 0.0335. The predicted molar refractivity (Wildman–Crippen MR) is 79.8 cm³/mol. The molecular formula is C14H18ClO3P. The SMILES string of the molecule is COc1ccc(Cl)c(OC)c1C(=O)C1(P)CCCC1. The van der Waals surface area contributed by atoms with Gasteiger partial charge in [0.2, 0.25) is 0 Å². The van der Waals surface area contributed by atoms with Gasteiger partial charge in [-0.25, -0.2) is 0 Å². The van der Waals surface area contributed by atoms with Crippen molar-refractivity contribution in [2.24, 2.45) is 0 Å². The lowest BCUT2D eigenvalue weighted by Gasteiger charge is -2.24. The van der Waals surface area contributed by atoms with Gasteiger partial charge in [-0.1, -0.05) is 24.4 Å². The summed E-state index contributed by atoms with van der Waals surface area (Å²) in [7, 11) is 5.78. The summed E-state index contributed by atoms with van der Waals surface area (Å²) >= 11 is 6.12. The van der Waals surface area contributed by atoms with E-state index in [2.05, 4.69) is 9.24 Å². The molecular weight excluding hydrogens is 283 g/mol. The molecule has 1 unspecified atom stereocenters. The van der Waals surface area contributed by atoms with Crippen molar-refractivity contribution < 1.29 is 14.3 Å². The second kappa shape index (κ2) is 5.68. The van der Waals surface area contributed by atoms with Crippen LogP contribution in [0.2, 0.25) is 5.02 Å². The van der Waals surface area contributed by atoms with Gasteiger partial charge in [0.1, 0.15) is 11.3 Å². The molecule has 1 aromatic carbocycles. The molecule has 1 saturated carbocycles. The second-order valence-electron chi connectivity index (χ2n) is 4.85. The molecule has 1 fully saturated rings. The molecule has 1 aliphatic rings. The highest BCUT2D eigenvalue weighted by Crippen LogP contribution is 2.45. The van der Waals surface area contributed by atoms with Gasteiger partial charge in [-0.05, 0) is 25.0 Å². The third kappa shape index (κ3) is 2.59. The summed E-state index contributed by atoms with van der Waals surface area (Å²) in [5, 5.41) is 0.0175. The molecule has 0 aliphatic heterocycles. The average molecular weight is 301 g/mol. The Hall–Kier alpha value is -0.790. The highest BCUT2D eigenvalue weighted by Gasteiger charge is 2.40. The Morgan fingerprint density at radius 3 is 2.42 bits per heavy atom. The molecule has 1 aromatic rings. The molecule has 2 rings (SSSR count). The first-order chi connectivity index (χ1) is 9.03. The van der Waals surface area contributed by atoms with Crippen LogP contribution < -0.4 is 9.47 Å². The van der Waals surface area contributed by atoms with E-state index in [1.807, 2.05) is 0 Å². The van der Waals surface area contributed by atoms with Crippen molar-refractivity contribution in [3.63, 3.8) is 0 Å². The minimum Gasteiger partial charge on any atom is -0.496 e. The van der Waals surface area contributed by atoms with Crippen LogP contribution in [0.25, 0.3) is 0 Å². The molecule has 0 amide bonds. The molecule has 1 atom stereocenters. The maximum absolute atomic E-state index is 12.8. The molecule has 1 aliphatic carbocycles. The van der Waals surface area contributed by atoms with Crippen LogP contribution in [0.5, 0.6) is 11.5 Å². The maximum atomic E-state index is 12.8. The smallest absolute Gasteiger partial charge is 0.180 e. The molecule has 0 bridgehead atoms. The van der Waals surface area contributed by atoms with Gasteiger partial charge in [-0.3, -0.25) is 4.79 Å². The van der Waals surface area contributed by atoms with E-state index in [0.29, 0.717) is 22.1 Å². The minimum atomic E-state index is -0.411. The normalized spacial score (nSPS) is 17.3. The number of halogens is 1. The number of ketones is 1. The van der Waals surface area contributed by atoms with E-state index in [-0.39, 0.29) is 5.78 Å². The number of ether oxygens (including phenoxy) is 2. The van der Waals surface area contributed by atoms with Gasteiger partial charge in [0.25, 0.3) is 0 Å². The number of rotatable bonds is 4. The predicted octanol–water partition coefficient (Wildman–Crippen LogP) is 3.73. The molecule has 0 saturated heterocycles. The Morgan fingerprint density at radius 2 is 1.89 bits per heavy atom. The molecule has 0 heterocycles. The van der Waals surface area contributed by atoms with Gasteiger partial charge in [0.05, 0.1) is 19.2 Å². The number of carbonyl (C=O) groups is 1. The van der Waals surface area contributed by atoms with Crippen molar-refractivity contribution >= 4 is 26.6 Å². The van der Waals surface area contributed by atoms with Crippen molar-refractivity contribution in [2.45, 2.75) is 30.8 Å². The van der Waals surface area contributed by atoms with Crippen molar-refractivity contribution in [1.29, 1.82) is 0 Å². The fourth-order valence-electron chi connectivity index (χ4n) is 2.61. The van der Waals surface area contributed by atoms with Crippen LogP contribution in [0, 0.1) is 0 Å². The highest BCUT2D eigenvalue weighted by atomic mass is 35.5. The lowest BCUT2D eigenvalue weighted by atomic mass is 9.93. The molecule has 0 radical (unpaired) electrons. The first-order valence-corrected chi connectivity index (χ1v) is 7.23. The summed E-state index contributed by atoms with van der Waals surface area (Å²) in [6.45, 7) is 0. The first kappa shape index (κ1) is 14.6. The Morgan fingerprint density at radius 1 is 1.26 bits per heavy atom. The third-order valence-corrected chi connectivity index (χ3v) is 4.81. The van der Waals surface area contributed by atoms with Crippen molar-refractivity contribution in [3.8, 4) is 11.5 Å².